The Morgan fingerprint density at radius 1 is 1.40 bits per heavy atom. The molecule has 0 aliphatic rings. The van der Waals surface area contributed by atoms with E-state index >= 15 is 0 Å². The zero-order valence-corrected chi connectivity index (χ0v) is 10.7. The normalized spacial score (nSPS) is 12.0. The average Bonchev–Trinajstić information content (AvgIpc) is 2.37. The highest BCUT2D eigenvalue weighted by molar-refractivity contribution is 8.13. The van der Waals surface area contributed by atoms with E-state index in [2.05, 4.69) is 5.10 Å². The summed E-state index contributed by atoms with van der Waals surface area (Å²) in [7, 11) is 1.76. The molecule has 86 valence electrons. The molecule has 1 rings (SSSR count). The molecule has 0 spiro atoms. The van der Waals surface area contributed by atoms with Gasteiger partial charge in [-0.3, -0.25) is 4.68 Å². The lowest BCUT2D eigenvalue weighted by Gasteiger charge is -2.01. The van der Waals surface area contributed by atoms with Gasteiger partial charge in [-0.25, -0.2) is 8.42 Å². The van der Waals surface area contributed by atoms with Crippen LogP contribution in [0.1, 0.15) is 23.9 Å². The van der Waals surface area contributed by atoms with Gasteiger partial charge in [0.05, 0.1) is 11.4 Å². The Hall–Kier alpha value is -0.550. The molecular weight excluding hydrogens is 236 g/mol. The molecule has 0 atom stereocenters. The largest absolute Gasteiger partial charge is 0.270 e. The van der Waals surface area contributed by atoms with E-state index in [0.29, 0.717) is 6.42 Å². The Labute approximate surface area is 94.7 Å². The van der Waals surface area contributed by atoms with E-state index in [1.54, 1.807) is 0 Å². The highest BCUT2D eigenvalue weighted by Crippen LogP contribution is 2.15. The maximum Gasteiger partial charge on any atom is 0.232 e. The van der Waals surface area contributed by atoms with Crippen LogP contribution in [-0.2, 0) is 22.0 Å². The molecule has 0 radical (unpaired) electrons. The Bertz CT molecular complexity index is 451. The first-order valence-corrected chi connectivity index (χ1v) is 7.28. The molecule has 1 aromatic heterocycles. The second kappa shape index (κ2) is 4.53. The molecule has 0 fully saturated rings. The lowest BCUT2D eigenvalue weighted by Crippen LogP contribution is -2.04. The third kappa shape index (κ3) is 3.21. The van der Waals surface area contributed by atoms with E-state index in [-0.39, 0.29) is 5.75 Å². The topological polar surface area (TPSA) is 52.0 Å². The summed E-state index contributed by atoms with van der Waals surface area (Å²) >= 11 is 0. The quantitative estimate of drug-likeness (QED) is 0.764. The smallest absolute Gasteiger partial charge is 0.232 e. The Morgan fingerprint density at radius 2 is 2.00 bits per heavy atom. The molecule has 15 heavy (non-hydrogen) atoms. The van der Waals surface area contributed by atoms with Gasteiger partial charge in [-0.2, -0.15) is 5.10 Å². The monoisotopic (exact) mass is 250 g/mol. The van der Waals surface area contributed by atoms with Crippen molar-refractivity contribution in [3.05, 3.63) is 17.0 Å². The summed E-state index contributed by atoms with van der Waals surface area (Å²) in [4.78, 5) is 0. The summed E-state index contributed by atoms with van der Waals surface area (Å²) in [5, 5.41) is 4.31. The number of halogens is 1. The number of rotatable bonds is 4. The average molecular weight is 251 g/mol. The van der Waals surface area contributed by atoms with Crippen molar-refractivity contribution in [2.45, 2.75) is 33.7 Å². The van der Waals surface area contributed by atoms with Crippen LogP contribution in [0.5, 0.6) is 0 Å². The molecule has 4 nitrogen and oxygen atoms in total. The van der Waals surface area contributed by atoms with Gasteiger partial charge in [-0.15, -0.1) is 0 Å². The van der Waals surface area contributed by atoms with Crippen LogP contribution in [0.25, 0.3) is 0 Å². The van der Waals surface area contributed by atoms with E-state index in [9.17, 15) is 8.42 Å². The fourth-order valence-corrected chi connectivity index (χ4v) is 2.31. The van der Waals surface area contributed by atoms with Crippen molar-refractivity contribution in [1.82, 2.24) is 9.78 Å². The molecule has 6 heteroatoms. The van der Waals surface area contributed by atoms with Crippen molar-refractivity contribution in [3.63, 3.8) is 0 Å². The van der Waals surface area contributed by atoms with Crippen molar-refractivity contribution in [2.24, 2.45) is 0 Å². The minimum atomic E-state index is -3.42. The van der Waals surface area contributed by atoms with Gasteiger partial charge in [0.15, 0.2) is 0 Å². The second-order valence-corrected chi connectivity index (χ2v) is 6.35. The van der Waals surface area contributed by atoms with Gasteiger partial charge in [0.25, 0.3) is 0 Å². The summed E-state index contributed by atoms with van der Waals surface area (Å²) in [6, 6.07) is 0. The van der Waals surface area contributed by atoms with Gasteiger partial charge in [0.2, 0.25) is 9.05 Å². The Balaban J connectivity index is 2.90. The standard InChI is InChI=1S/C9H15ClN2O2S/c1-4-12-8(3)9(7(2)11-12)5-6-15(10,13)14/h4-6H2,1-3H3. The predicted molar refractivity (Wildman–Crippen MR) is 60.7 cm³/mol. The summed E-state index contributed by atoms with van der Waals surface area (Å²) in [5.74, 6) is -0.0361. The summed E-state index contributed by atoms with van der Waals surface area (Å²) < 4.78 is 23.6. The van der Waals surface area contributed by atoms with Crippen LogP contribution in [0.4, 0.5) is 0 Å². The summed E-state index contributed by atoms with van der Waals surface area (Å²) in [5.41, 5.74) is 2.89. The summed E-state index contributed by atoms with van der Waals surface area (Å²) in [6.45, 7) is 6.62. The minimum Gasteiger partial charge on any atom is -0.270 e. The zero-order valence-electron chi connectivity index (χ0n) is 9.12. The van der Waals surface area contributed by atoms with Crippen molar-refractivity contribution in [2.75, 3.05) is 5.75 Å². The second-order valence-electron chi connectivity index (χ2n) is 3.46. The van der Waals surface area contributed by atoms with Crippen LogP contribution in [-0.4, -0.2) is 24.0 Å². The molecular formula is C9H15ClN2O2S. The number of aromatic nitrogens is 2. The number of hydrogen-bond acceptors (Lipinski definition) is 3. The minimum absolute atomic E-state index is 0.0361. The molecule has 0 saturated carbocycles. The van der Waals surface area contributed by atoms with Crippen molar-refractivity contribution in [3.8, 4) is 0 Å². The number of aryl methyl sites for hydroxylation is 2. The number of hydrogen-bond donors (Lipinski definition) is 0. The Morgan fingerprint density at radius 3 is 2.40 bits per heavy atom. The maximum atomic E-state index is 10.8. The van der Waals surface area contributed by atoms with Gasteiger partial charge in [-0.05, 0) is 32.8 Å². The van der Waals surface area contributed by atoms with E-state index in [1.165, 1.54) is 0 Å². The van der Waals surface area contributed by atoms with Crippen LogP contribution in [0, 0.1) is 13.8 Å². The molecule has 0 bridgehead atoms. The fraction of sp³-hybridized carbons (Fsp3) is 0.667. The van der Waals surface area contributed by atoms with Gasteiger partial charge in [0.1, 0.15) is 0 Å². The van der Waals surface area contributed by atoms with Gasteiger partial charge < -0.3 is 0 Å². The predicted octanol–water partition coefficient (Wildman–Crippen LogP) is 1.63. The molecule has 1 heterocycles. The van der Waals surface area contributed by atoms with Crippen LogP contribution >= 0.6 is 10.7 Å². The third-order valence-corrected chi connectivity index (χ3v) is 3.58. The molecule has 0 aliphatic carbocycles. The molecule has 0 aliphatic heterocycles. The zero-order chi connectivity index (χ0) is 11.6. The van der Waals surface area contributed by atoms with Gasteiger partial charge >= 0.3 is 0 Å². The van der Waals surface area contributed by atoms with E-state index in [4.69, 9.17) is 10.7 Å². The Kier molecular flexibility index (Phi) is 3.78. The van der Waals surface area contributed by atoms with Crippen molar-refractivity contribution >= 4 is 19.7 Å². The van der Waals surface area contributed by atoms with Gasteiger partial charge in [-0.1, -0.05) is 0 Å². The van der Waals surface area contributed by atoms with Gasteiger partial charge in [0, 0.05) is 22.9 Å². The van der Waals surface area contributed by atoms with E-state index in [0.717, 1.165) is 23.5 Å². The first-order chi connectivity index (χ1) is 6.85. The van der Waals surface area contributed by atoms with Crippen LogP contribution in [0.3, 0.4) is 0 Å². The fourth-order valence-electron chi connectivity index (χ4n) is 1.63. The molecule has 0 unspecified atom stereocenters. The van der Waals surface area contributed by atoms with E-state index < -0.39 is 9.05 Å². The maximum absolute atomic E-state index is 10.8. The first kappa shape index (κ1) is 12.5. The van der Waals surface area contributed by atoms with Crippen molar-refractivity contribution in [1.29, 1.82) is 0 Å². The molecule has 0 saturated heterocycles. The summed E-state index contributed by atoms with van der Waals surface area (Å²) in [6.07, 6.45) is 0.434. The lowest BCUT2D eigenvalue weighted by atomic mass is 10.1. The van der Waals surface area contributed by atoms with Crippen molar-refractivity contribution < 1.29 is 8.42 Å². The SMILES string of the molecule is CCn1nc(C)c(CCS(=O)(=O)Cl)c1C. The third-order valence-electron chi connectivity index (χ3n) is 2.43. The van der Waals surface area contributed by atoms with Crippen LogP contribution in [0.2, 0.25) is 0 Å². The highest BCUT2D eigenvalue weighted by Gasteiger charge is 2.13. The molecule has 1 aromatic rings. The highest BCUT2D eigenvalue weighted by atomic mass is 35.7. The number of nitrogens with zero attached hydrogens (tertiary/aromatic N) is 2. The van der Waals surface area contributed by atoms with Crippen LogP contribution in [0.15, 0.2) is 0 Å². The molecule has 0 N–H and O–H groups in total. The molecule has 0 amide bonds. The lowest BCUT2D eigenvalue weighted by molar-refractivity contribution is 0.608. The molecule has 0 aromatic carbocycles. The van der Waals surface area contributed by atoms with E-state index in [1.807, 2.05) is 25.5 Å². The first-order valence-electron chi connectivity index (χ1n) is 4.80. The van der Waals surface area contributed by atoms with Crippen LogP contribution < -0.4 is 0 Å².